The van der Waals surface area contributed by atoms with Crippen molar-refractivity contribution in [2.45, 2.75) is 6.04 Å². The number of pyridine rings is 1. The Kier molecular flexibility index (Phi) is 3.17. The van der Waals surface area contributed by atoms with Crippen LogP contribution in [0.1, 0.15) is 17.2 Å². The van der Waals surface area contributed by atoms with E-state index in [2.05, 4.69) is 4.98 Å². The zero-order valence-electron chi connectivity index (χ0n) is 9.13. The molecule has 0 unspecified atom stereocenters. The van der Waals surface area contributed by atoms with Crippen LogP contribution in [-0.4, -0.2) is 12.1 Å². The van der Waals surface area contributed by atoms with Crippen LogP contribution in [0.4, 0.5) is 0 Å². The topological polar surface area (TPSA) is 48.1 Å². The minimum absolute atomic E-state index is 0.139. The first-order valence-electron chi connectivity index (χ1n) is 5.11. The number of nitrogens with zero attached hydrogens (tertiary/aromatic N) is 1. The van der Waals surface area contributed by atoms with Gasteiger partial charge in [0, 0.05) is 12.3 Å². The summed E-state index contributed by atoms with van der Waals surface area (Å²) in [7, 11) is 1.60. The fourth-order valence-electron chi connectivity index (χ4n) is 1.55. The van der Waals surface area contributed by atoms with Crippen molar-refractivity contribution in [1.29, 1.82) is 0 Å². The Bertz CT molecular complexity index is 439. The van der Waals surface area contributed by atoms with Gasteiger partial charge in [-0.05, 0) is 11.1 Å². The molecular formula is C13H14N2O. The second-order valence-corrected chi connectivity index (χ2v) is 3.52. The van der Waals surface area contributed by atoms with Gasteiger partial charge in [0.05, 0.1) is 13.2 Å². The van der Waals surface area contributed by atoms with Gasteiger partial charge in [0.1, 0.15) is 0 Å². The van der Waals surface area contributed by atoms with Gasteiger partial charge in [0.15, 0.2) is 0 Å². The molecule has 0 aliphatic carbocycles. The average Bonchev–Trinajstić information content (AvgIpc) is 2.39. The van der Waals surface area contributed by atoms with E-state index in [0.29, 0.717) is 5.88 Å². The molecule has 2 aromatic rings. The van der Waals surface area contributed by atoms with E-state index in [1.165, 1.54) is 0 Å². The van der Waals surface area contributed by atoms with Gasteiger partial charge in [-0.25, -0.2) is 4.98 Å². The van der Waals surface area contributed by atoms with Crippen molar-refractivity contribution in [3.8, 4) is 5.88 Å². The average molecular weight is 214 g/mol. The molecule has 1 aromatic carbocycles. The molecule has 3 nitrogen and oxygen atoms in total. The molecule has 0 radical (unpaired) electrons. The van der Waals surface area contributed by atoms with Gasteiger partial charge in [0.2, 0.25) is 5.88 Å². The lowest BCUT2D eigenvalue weighted by Gasteiger charge is -2.12. The van der Waals surface area contributed by atoms with Gasteiger partial charge in [-0.2, -0.15) is 0 Å². The minimum atomic E-state index is -0.139. The zero-order valence-corrected chi connectivity index (χ0v) is 9.13. The third-order valence-corrected chi connectivity index (χ3v) is 2.49. The first-order valence-corrected chi connectivity index (χ1v) is 5.11. The summed E-state index contributed by atoms with van der Waals surface area (Å²) in [6.45, 7) is 0. The summed E-state index contributed by atoms with van der Waals surface area (Å²) >= 11 is 0. The van der Waals surface area contributed by atoms with Gasteiger partial charge >= 0.3 is 0 Å². The maximum Gasteiger partial charge on any atom is 0.212 e. The number of hydrogen-bond donors (Lipinski definition) is 1. The minimum Gasteiger partial charge on any atom is -0.481 e. The number of methoxy groups -OCH3 is 1. The van der Waals surface area contributed by atoms with E-state index < -0.39 is 0 Å². The predicted molar refractivity (Wildman–Crippen MR) is 63.3 cm³/mol. The van der Waals surface area contributed by atoms with Crippen LogP contribution >= 0.6 is 0 Å². The normalized spacial score (nSPS) is 12.1. The standard InChI is InChI=1S/C13H14N2O/c1-16-12-8-7-11(9-15-12)13(14)10-5-3-2-4-6-10/h2-9,13H,14H2,1H3/t13-/m0/s1. The number of rotatable bonds is 3. The van der Waals surface area contributed by atoms with Gasteiger partial charge in [-0.1, -0.05) is 36.4 Å². The van der Waals surface area contributed by atoms with Crippen molar-refractivity contribution in [2.24, 2.45) is 5.73 Å². The van der Waals surface area contributed by atoms with Crippen LogP contribution in [-0.2, 0) is 0 Å². The van der Waals surface area contributed by atoms with Crippen LogP contribution in [0.15, 0.2) is 48.7 Å². The first-order chi connectivity index (χ1) is 7.81. The van der Waals surface area contributed by atoms with Crippen molar-refractivity contribution in [3.05, 3.63) is 59.8 Å². The van der Waals surface area contributed by atoms with Gasteiger partial charge in [0.25, 0.3) is 0 Å². The lowest BCUT2D eigenvalue weighted by Crippen LogP contribution is -2.11. The summed E-state index contributed by atoms with van der Waals surface area (Å²) < 4.78 is 5.00. The number of hydrogen-bond acceptors (Lipinski definition) is 3. The summed E-state index contributed by atoms with van der Waals surface area (Å²) in [5.74, 6) is 0.601. The summed E-state index contributed by atoms with van der Waals surface area (Å²) in [6, 6.07) is 13.6. The number of ether oxygens (including phenoxy) is 1. The maximum absolute atomic E-state index is 6.13. The number of benzene rings is 1. The molecule has 16 heavy (non-hydrogen) atoms. The highest BCUT2D eigenvalue weighted by Crippen LogP contribution is 2.19. The number of aromatic nitrogens is 1. The van der Waals surface area contributed by atoms with Crippen LogP contribution < -0.4 is 10.5 Å². The van der Waals surface area contributed by atoms with E-state index in [4.69, 9.17) is 10.5 Å². The molecule has 0 saturated carbocycles. The largest absolute Gasteiger partial charge is 0.481 e. The molecule has 1 aromatic heterocycles. The van der Waals surface area contributed by atoms with Crippen molar-refractivity contribution in [1.82, 2.24) is 4.98 Å². The zero-order chi connectivity index (χ0) is 11.4. The Morgan fingerprint density at radius 1 is 1.06 bits per heavy atom. The maximum atomic E-state index is 6.13. The van der Waals surface area contributed by atoms with Gasteiger partial charge < -0.3 is 10.5 Å². The van der Waals surface area contributed by atoms with Crippen LogP contribution in [0.5, 0.6) is 5.88 Å². The summed E-state index contributed by atoms with van der Waals surface area (Å²) in [5, 5.41) is 0. The molecule has 2 N–H and O–H groups in total. The summed E-state index contributed by atoms with van der Waals surface area (Å²) in [6.07, 6.45) is 1.75. The van der Waals surface area contributed by atoms with E-state index in [0.717, 1.165) is 11.1 Å². The van der Waals surface area contributed by atoms with Crippen molar-refractivity contribution in [2.75, 3.05) is 7.11 Å². The third kappa shape index (κ3) is 2.20. The molecule has 0 saturated heterocycles. The van der Waals surface area contributed by atoms with Crippen LogP contribution in [0.2, 0.25) is 0 Å². The summed E-state index contributed by atoms with van der Waals surface area (Å²) in [5.41, 5.74) is 8.18. The highest BCUT2D eigenvalue weighted by molar-refractivity contribution is 5.30. The molecule has 0 bridgehead atoms. The molecular weight excluding hydrogens is 200 g/mol. The molecule has 3 heteroatoms. The van der Waals surface area contributed by atoms with Crippen molar-refractivity contribution < 1.29 is 4.74 Å². The predicted octanol–water partition coefficient (Wildman–Crippen LogP) is 2.14. The Balaban J connectivity index is 2.24. The molecule has 1 heterocycles. The van der Waals surface area contributed by atoms with Crippen LogP contribution in [0, 0.1) is 0 Å². The van der Waals surface area contributed by atoms with Crippen molar-refractivity contribution in [3.63, 3.8) is 0 Å². The molecule has 0 spiro atoms. The Morgan fingerprint density at radius 2 is 1.81 bits per heavy atom. The smallest absolute Gasteiger partial charge is 0.212 e. The SMILES string of the molecule is COc1ccc([C@@H](N)c2ccccc2)cn1. The number of nitrogens with two attached hydrogens (primary N) is 1. The Hall–Kier alpha value is -1.87. The van der Waals surface area contributed by atoms with Crippen LogP contribution in [0.25, 0.3) is 0 Å². The molecule has 0 fully saturated rings. The monoisotopic (exact) mass is 214 g/mol. The lowest BCUT2D eigenvalue weighted by molar-refractivity contribution is 0.397. The fourth-order valence-corrected chi connectivity index (χ4v) is 1.55. The van der Waals surface area contributed by atoms with E-state index in [9.17, 15) is 0 Å². The van der Waals surface area contributed by atoms with Gasteiger partial charge in [-0.15, -0.1) is 0 Å². The second-order valence-electron chi connectivity index (χ2n) is 3.52. The molecule has 0 aliphatic heterocycles. The van der Waals surface area contributed by atoms with E-state index in [1.807, 2.05) is 42.5 Å². The fraction of sp³-hybridized carbons (Fsp3) is 0.154. The Morgan fingerprint density at radius 3 is 2.38 bits per heavy atom. The van der Waals surface area contributed by atoms with E-state index in [1.54, 1.807) is 13.3 Å². The summed E-state index contributed by atoms with van der Waals surface area (Å²) in [4.78, 5) is 4.14. The van der Waals surface area contributed by atoms with Gasteiger partial charge in [-0.3, -0.25) is 0 Å². The van der Waals surface area contributed by atoms with E-state index in [-0.39, 0.29) is 6.04 Å². The quantitative estimate of drug-likeness (QED) is 0.851. The highest BCUT2D eigenvalue weighted by atomic mass is 16.5. The second kappa shape index (κ2) is 4.77. The van der Waals surface area contributed by atoms with E-state index >= 15 is 0 Å². The molecule has 1 atom stereocenters. The molecule has 82 valence electrons. The third-order valence-electron chi connectivity index (χ3n) is 2.49. The first kappa shape index (κ1) is 10.6. The Labute approximate surface area is 94.9 Å². The highest BCUT2D eigenvalue weighted by Gasteiger charge is 2.08. The molecule has 0 aliphatic rings. The molecule has 2 rings (SSSR count). The van der Waals surface area contributed by atoms with Crippen molar-refractivity contribution >= 4 is 0 Å². The molecule has 0 amide bonds. The lowest BCUT2D eigenvalue weighted by atomic mass is 10.0. The van der Waals surface area contributed by atoms with Crippen LogP contribution in [0.3, 0.4) is 0 Å².